The summed E-state index contributed by atoms with van der Waals surface area (Å²) in [4.78, 5) is 11.9. The van der Waals surface area contributed by atoms with Crippen LogP contribution in [-0.4, -0.2) is 44.0 Å². The van der Waals surface area contributed by atoms with E-state index in [0.29, 0.717) is 34.3 Å². The normalized spacial score (nSPS) is 11.9. The van der Waals surface area contributed by atoms with Crippen LogP contribution in [0.2, 0.25) is 5.28 Å². The molecule has 39 heavy (non-hydrogen) atoms. The van der Waals surface area contributed by atoms with Gasteiger partial charge in [-0.1, -0.05) is 23.7 Å². The molecule has 1 aromatic heterocycles. The molecule has 1 heterocycles. The summed E-state index contributed by atoms with van der Waals surface area (Å²) in [6.07, 6.45) is 0. The summed E-state index contributed by atoms with van der Waals surface area (Å²) in [5, 5.41) is 34.8. The molecule has 4 rings (SSSR count). The summed E-state index contributed by atoms with van der Waals surface area (Å²) >= 11 is 7.92. The molecule has 0 atom stereocenters. The van der Waals surface area contributed by atoms with E-state index in [0.717, 1.165) is 6.07 Å². The van der Waals surface area contributed by atoms with Crippen LogP contribution in [0, 0.1) is 0 Å². The molecule has 0 saturated carbocycles. The van der Waals surface area contributed by atoms with Crippen LogP contribution in [0.15, 0.2) is 67.6 Å². The topological polar surface area (TPSA) is 215 Å². The highest BCUT2D eigenvalue weighted by Gasteiger charge is 2.22. The van der Waals surface area contributed by atoms with Crippen LogP contribution in [0.1, 0.15) is 6.92 Å². The van der Waals surface area contributed by atoms with Crippen molar-refractivity contribution in [3.05, 3.63) is 47.7 Å². The van der Waals surface area contributed by atoms with Crippen molar-refractivity contribution in [2.45, 2.75) is 21.9 Å². The smallest absolute Gasteiger partial charge is 0.296 e. The number of anilines is 3. The van der Waals surface area contributed by atoms with Crippen LogP contribution in [-0.2, 0) is 19.5 Å². The number of thioether (sulfide) groups is 1. The van der Waals surface area contributed by atoms with E-state index in [4.69, 9.17) is 22.6 Å². The van der Waals surface area contributed by atoms with E-state index in [1.54, 1.807) is 6.07 Å². The Morgan fingerprint density at radius 3 is 2.64 bits per heavy atom. The van der Waals surface area contributed by atoms with Gasteiger partial charge in [0.2, 0.25) is 11.2 Å². The van der Waals surface area contributed by atoms with Crippen LogP contribution in [0.4, 0.5) is 28.7 Å². The van der Waals surface area contributed by atoms with E-state index in [1.807, 2.05) is 6.92 Å². The maximum Gasteiger partial charge on any atom is 0.296 e. The number of hydrogen-bond donors (Lipinski definition) is 5. The van der Waals surface area contributed by atoms with E-state index in [1.165, 1.54) is 42.1 Å². The summed E-state index contributed by atoms with van der Waals surface area (Å²) in [5.74, 6) is 0.302. The minimum atomic E-state index is -4.84. The predicted octanol–water partition coefficient (Wildman–Crippen LogP) is 5.91. The lowest BCUT2D eigenvalue weighted by molar-refractivity contribution is -0.432. The third-order valence-electron chi connectivity index (χ3n) is 4.84. The van der Waals surface area contributed by atoms with Crippen LogP contribution < -0.4 is 11.1 Å². The first-order valence-corrected chi connectivity index (χ1v) is 14.2. The van der Waals surface area contributed by atoms with Gasteiger partial charge in [0, 0.05) is 16.8 Å². The second-order valence-electron chi connectivity index (χ2n) is 7.40. The third kappa shape index (κ3) is 7.02. The number of halogens is 1. The highest BCUT2D eigenvalue weighted by molar-refractivity contribution is 7.99. The number of phenols is 1. The highest BCUT2D eigenvalue weighted by atomic mass is 35.5. The molecule has 0 radical (unpaired) electrons. The number of nitrogens with one attached hydrogen (secondary N) is 1. The molecule has 0 aliphatic rings. The minimum absolute atomic E-state index is 0.0182. The highest BCUT2D eigenvalue weighted by Crippen LogP contribution is 2.43. The fourth-order valence-corrected chi connectivity index (χ4v) is 5.11. The SMILES string of the molecule is CCSc1nc(Cl)nc(Nc2ccc(SOOO)c(N=Nc3c(S(=O)(=O)O)cc4cc(N)ccc4c3O)c2)n1. The maximum absolute atomic E-state index is 12.1. The summed E-state index contributed by atoms with van der Waals surface area (Å²) in [6, 6.07) is 10.1. The van der Waals surface area contributed by atoms with Crippen LogP contribution in [0.25, 0.3) is 10.8 Å². The number of nitrogens with zero attached hydrogens (tertiary/aromatic N) is 5. The lowest BCUT2D eigenvalue weighted by Crippen LogP contribution is -2.01. The quantitative estimate of drug-likeness (QED) is 0.0268. The Bertz CT molecular complexity index is 1680. The molecule has 4 aromatic rings. The molecule has 0 saturated heterocycles. The number of aromatic nitrogens is 3. The Morgan fingerprint density at radius 1 is 1.13 bits per heavy atom. The average molecular weight is 612 g/mol. The molecular formula is C21H18ClN7O7S3. The lowest BCUT2D eigenvalue weighted by atomic mass is 10.1. The summed E-state index contributed by atoms with van der Waals surface area (Å²) in [7, 11) is -4.84. The van der Waals surface area contributed by atoms with Crippen LogP contribution >= 0.6 is 35.4 Å². The van der Waals surface area contributed by atoms with Crippen molar-refractivity contribution in [1.29, 1.82) is 0 Å². The molecule has 14 nitrogen and oxygen atoms in total. The number of aromatic hydroxyl groups is 1. The largest absolute Gasteiger partial charge is 0.505 e. The molecule has 6 N–H and O–H groups in total. The van der Waals surface area contributed by atoms with Gasteiger partial charge in [-0.15, -0.1) is 14.6 Å². The van der Waals surface area contributed by atoms with Crippen molar-refractivity contribution in [3.63, 3.8) is 0 Å². The number of hydrogen-bond acceptors (Lipinski definition) is 15. The summed E-state index contributed by atoms with van der Waals surface area (Å²) in [5.41, 5.74) is 6.03. The van der Waals surface area contributed by atoms with Gasteiger partial charge in [-0.3, -0.25) is 4.55 Å². The monoisotopic (exact) mass is 611 g/mol. The predicted molar refractivity (Wildman–Crippen MR) is 146 cm³/mol. The number of nitrogen functional groups attached to an aromatic ring is 1. The molecule has 204 valence electrons. The first kappa shape index (κ1) is 28.7. The second kappa shape index (κ2) is 12.3. The van der Waals surface area contributed by atoms with Gasteiger partial charge < -0.3 is 16.2 Å². The third-order valence-corrected chi connectivity index (χ3v) is 7.26. The molecular weight excluding hydrogens is 594 g/mol. The van der Waals surface area contributed by atoms with E-state index in [2.05, 4.69) is 39.9 Å². The number of phenolic OH excluding ortho intramolecular Hbond substituents is 1. The van der Waals surface area contributed by atoms with Crippen molar-refractivity contribution < 1.29 is 32.7 Å². The Hall–Kier alpha value is -3.29. The average Bonchev–Trinajstić information content (AvgIpc) is 2.86. The van der Waals surface area contributed by atoms with Crippen LogP contribution in [0.3, 0.4) is 0 Å². The van der Waals surface area contributed by atoms with E-state index in [9.17, 15) is 18.1 Å². The Morgan fingerprint density at radius 2 is 1.92 bits per heavy atom. The van der Waals surface area contributed by atoms with Gasteiger partial charge in [0.1, 0.15) is 16.3 Å². The van der Waals surface area contributed by atoms with Gasteiger partial charge in [-0.25, -0.2) is 5.26 Å². The van der Waals surface area contributed by atoms with Crippen molar-refractivity contribution in [3.8, 4) is 5.75 Å². The van der Waals surface area contributed by atoms with E-state index in [-0.39, 0.29) is 32.6 Å². The van der Waals surface area contributed by atoms with Gasteiger partial charge in [0.15, 0.2) is 10.9 Å². The molecule has 0 unspecified atom stereocenters. The van der Waals surface area contributed by atoms with Crippen molar-refractivity contribution in [2.75, 3.05) is 16.8 Å². The van der Waals surface area contributed by atoms with E-state index < -0.39 is 26.5 Å². The molecule has 18 heteroatoms. The van der Waals surface area contributed by atoms with Gasteiger partial charge >= 0.3 is 0 Å². The molecule has 0 amide bonds. The Kier molecular flexibility index (Phi) is 9.03. The van der Waals surface area contributed by atoms with E-state index >= 15 is 0 Å². The first-order valence-electron chi connectivity index (χ1n) is 10.6. The Labute approximate surface area is 234 Å². The fraction of sp³-hybridized carbons (Fsp3) is 0.0952. The zero-order valence-electron chi connectivity index (χ0n) is 19.6. The van der Waals surface area contributed by atoms with Gasteiger partial charge in [-0.05, 0) is 65.2 Å². The summed E-state index contributed by atoms with van der Waals surface area (Å²) in [6.45, 7) is 1.93. The Balaban J connectivity index is 1.79. The molecule has 0 aliphatic heterocycles. The summed E-state index contributed by atoms with van der Waals surface area (Å²) < 4.78 is 38.5. The fourth-order valence-electron chi connectivity index (χ4n) is 3.27. The first-order chi connectivity index (χ1) is 18.6. The number of fused-ring (bicyclic) bond motifs is 1. The molecule has 0 bridgehead atoms. The standard InChI is InChI=1S/C21H18ClN7O7S3/c1-2-37-21-26-19(22)25-20(27-21)24-12-4-6-15(38-36-35-31)14(9-12)28-29-17-16(39(32,33)34)8-10-7-11(23)3-5-13(10)18(17)30/h3-9,30-31H,2,23H2,1H3,(H,32,33,34)(H,24,25,26,27). The zero-order valence-corrected chi connectivity index (χ0v) is 22.8. The molecule has 0 fully saturated rings. The van der Waals surface area contributed by atoms with Crippen molar-refractivity contribution in [1.82, 2.24) is 15.0 Å². The van der Waals surface area contributed by atoms with Gasteiger partial charge in [0.25, 0.3) is 10.1 Å². The second-order valence-corrected chi connectivity index (χ2v) is 11.1. The number of rotatable bonds is 10. The minimum Gasteiger partial charge on any atom is -0.505 e. The molecule has 0 aliphatic carbocycles. The van der Waals surface area contributed by atoms with Crippen LogP contribution in [0.5, 0.6) is 5.75 Å². The number of azo groups is 1. The van der Waals surface area contributed by atoms with Gasteiger partial charge in [-0.2, -0.15) is 23.4 Å². The number of nitrogens with two attached hydrogens (primary N) is 1. The van der Waals surface area contributed by atoms with Gasteiger partial charge in [0.05, 0.1) is 16.9 Å². The lowest BCUT2D eigenvalue weighted by Gasteiger charge is -2.10. The van der Waals surface area contributed by atoms with Crippen molar-refractivity contribution in [2.24, 2.45) is 10.2 Å². The molecule has 3 aromatic carbocycles. The number of benzene rings is 3. The molecule has 0 spiro atoms. The van der Waals surface area contributed by atoms with Crippen molar-refractivity contribution >= 4 is 85.0 Å². The zero-order chi connectivity index (χ0) is 28.2. The maximum atomic E-state index is 12.1.